The fourth-order valence-corrected chi connectivity index (χ4v) is 6.72. The Morgan fingerprint density at radius 1 is 1.06 bits per heavy atom. The number of carbonyl (C=O) groups excluding carboxylic acids is 2. The summed E-state index contributed by atoms with van der Waals surface area (Å²) in [6.45, 7) is 3.13. The first-order valence-electron chi connectivity index (χ1n) is 11.5. The fraction of sp³-hybridized carbons (Fsp3) is 0.192. The summed E-state index contributed by atoms with van der Waals surface area (Å²) in [5.41, 5.74) is 4.87. The summed E-state index contributed by atoms with van der Waals surface area (Å²) in [5.74, 6) is -0.231. The van der Waals surface area contributed by atoms with Crippen LogP contribution < -0.4 is 5.32 Å². The molecule has 10 heteroatoms. The van der Waals surface area contributed by atoms with Crippen LogP contribution in [-0.2, 0) is 17.7 Å². The summed E-state index contributed by atoms with van der Waals surface area (Å²) in [6.07, 6.45) is 3.58. The highest BCUT2D eigenvalue weighted by Gasteiger charge is 2.30. The van der Waals surface area contributed by atoms with Gasteiger partial charge in [-0.1, -0.05) is 12.1 Å². The number of para-hydroxylation sites is 1. The van der Waals surface area contributed by atoms with Gasteiger partial charge in [-0.25, -0.2) is 9.78 Å². The normalized spacial score (nSPS) is 13.1. The summed E-state index contributed by atoms with van der Waals surface area (Å²) in [5, 5.41) is 4.71. The Hall–Kier alpha value is -3.89. The Kier molecular flexibility index (Phi) is 5.82. The molecule has 0 aliphatic carbocycles. The highest BCUT2D eigenvalue weighted by molar-refractivity contribution is 7.23. The predicted molar refractivity (Wildman–Crippen MR) is 142 cm³/mol. The van der Waals surface area contributed by atoms with Crippen LogP contribution in [0.4, 0.5) is 9.80 Å². The Bertz CT molecular complexity index is 1590. The molecule has 36 heavy (non-hydrogen) atoms. The molecule has 2 aromatic carbocycles. The van der Waals surface area contributed by atoms with Gasteiger partial charge in [-0.3, -0.25) is 14.8 Å². The van der Waals surface area contributed by atoms with Crippen LogP contribution in [0, 0.1) is 0 Å². The van der Waals surface area contributed by atoms with Crippen molar-refractivity contribution in [1.82, 2.24) is 19.9 Å². The molecule has 4 heterocycles. The maximum absolute atomic E-state index is 13.3. The maximum atomic E-state index is 13.3. The summed E-state index contributed by atoms with van der Waals surface area (Å²) in [7, 11) is 0. The number of hydrogen-bond acceptors (Lipinski definition) is 8. The number of thiophene rings is 1. The van der Waals surface area contributed by atoms with Gasteiger partial charge in [0.25, 0.3) is 5.91 Å². The third-order valence-corrected chi connectivity index (χ3v) is 8.24. The molecule has 6 rings (SSSR count). The molecule has 8 nitrogen and oxygen atoms in total. The Morgan fingerprint density at radius 2 is 1.89 bits per heavy atom. The van der Waals surface area contributed by atoms with Gasteiger partial charge in [-0.15, -0.1) is 22.7 Å². The van der Waals surface area contributed by atoms with Crippen molar-refractivity contribution in [3.05, 3.63) is 70.9 Å². The molecule has 3 aromatic heterocycles. The summed E-state index contributed by atoms with van der Waals surface area (Å²) >= 11 is 3.09. The van der Waals surface area contributed by atoms with Crippen molar-refractivity contribution in [2.75, 3.05) is 18.5 Å². The van der Waals surface area contributed by atoms with Crippen LogP contribution in [0.25, 0.3) is 31.8 Å². The van der Waals surface area contributed by atoms with E-state index < -0.39 is 0 Å². The van der Waals surface area contributed by atoms with Crippen molar-refractivity contribution < 1.29 is 14.3 Å². The largest absolute Gasteiger partial charge is 0.450 e. The molecule has 0 fully saturated rings. The molecule has 0 radical (unpaired) electrons. The number of carbonyl (C=O) groups is 2. The first-order valence-corrected chi connectivity index (χ1v) is 13.2. The zero-order chi connectivity index (χ0) is 24.6. The topological polar surface area (TPSA) is 97.3 Å². The van der Waals surface area contributed by atoms with E-state index in [2.05, 4.69) is 15.3 Å². The van der Waals surface area contributed by atoms with Crippen LogP contribution in [0.1, 0.15) is 27.7 Å². The lowest BCUT2D eigenvalue weighted by molar-refractivity contribution is 0.102. The van der Waals surface area contributed by atoms with Crippen molar-refractivity contribution in [2.24, 2.45) is 0 Å². The molecule has 2 amide bonds. The number of rotatable bonds is 4. The monoisotopic (exact) mass is 515 g/mol. The van der Waals surface area contributed by atoms with Crippen LogP contribution in [-0.4, -0.2) is 45.0 Å². The Morgan fingerprint density at radius 3 is 2.72 bits per heavy atom. The zero-order valence-electron chi connectivity index (χ0n) is 19.4. The van der Waals surface area contributed by atoms with E-state index in [1.165, 1.54) is 11.3 Å². The van der Waals surface area contributed by atoms with Crippen LogP contribution in [0.5, 0.6) is 0 Å². The number of ether oxygens (including phenoxy) is 1. The van der Waals surface area contributed by atoms with E-state index in [-0.39, 0.29) is 12.0 Å². The Labute approximate surface area is 214 Å². The number of thiazole rings is 1. The quantitative estimate of drug-likeness (QED) is 0.328. The van der Waals surface area contributed by atoms with Gasteiger partial charge in [-0.2, -0.15) is 0 Å². The second-order valence-electron chi connectivity index (χ2n) is 8.28. The van der Waals surface area contributed by atoms with Crippen LogP contribution in [0.3, 0.4) is 0 Å². The lowest BCUT2D eigenvalue weighted by Crippen LogP contribution is -2.35. The molecular weight excluding hydrogens is 494 g/mol. The van der Waals surface area contributed by atoms with Crippen molar-refractivity contribution in [1.29, 1.82) is 0 Å². The van der Waals surface area contributed by atoms with E-state index in [1.54, 1.807) is 53.8 Å². The molecule has 1 aliphatic heterocycles. The number of nitrogens with zero attached hydrogens (tertiary/aromatic N) is 4. The first kappa shape index (κ1) is 22.6. The van der Waals surface area contributed by atoms with E-state index in [9.17, 15) is 9.59 Å². The van der Waals surface area contributed by atoms with Gasteiger partial charge in [-0.05, 0) is 49.2 Å². The first-order chi connectivity index (χ1) is 17.6. The van der Waals surface area contributed by atoms with E-state index in [0.29, 0.717) is 37.2 Å². The van der Waals surface area contributed by atoms with Crippen molar-refractivity contribution >= 4 is 60.9 Å². The number of fused-ring (bicyclic) bond motifs is 3. The molecule has 1 aliphatic rings. The molecule has 0 bridgehead atoms. The Balaban J connectivity index is 1.40. The molecule has 0 saturated carbocycles. The molecule has 0 unspecified atom stereocenters. The average Bonchev–Trinajstić information content (AvgIpc) is 3.48. The van der Waals surface area contributed by atoms with Gasteiger partial charge in [0.2, 0.25) is 0 Å². The van der Waals surface area contributed by atoms with Crippen molar-refractivity contribution in [3.63, 3.8) is 0 Å². The molecule has 5 aromatic rings. The maximum Gasteiger partial charge on any atom is 0.410 e. The predicted octanol–water partition coefficient (Wildman–Crippen LogP) is 5.73. The minimum Gasteiger partial charge on any atom is -0.450 e. The smallest absolute Gasteiger partial charge is 0.410 e. The van der Waals surface area contributed by atoms with Crippen molar-refractivity contribution in [2.45, 2.75) is 19.9 Å². The highest BCUT2D eigenvalue weighted by atomic mass is 32.1. The van der Waals surface area contributed by atoms with Gasteiger partial charge in [0.1, 0.15) is 10.0 Å². The van der Waals surface area contributed by atoms with Gasteiger partial charge >= 0.3 is 6.09 Å². The lowest BCUT2D eigenvalue weighted by Gasteiger charge is -2.26. The van der Waals surface area contributed by atoms with Crippen LogP contribution >= 0.6 is 22.7 Å². The molecular formula is C26H21N5O3S2. The molecule has 1 N–H and O–H groups in total. The van der Waals surface area contributed by atoms with Crippen molar-refractivity contribution in [3.8, 4) is 10.6 Å². The van der Waals surface area contributed by atoms with Gasteiger partial charge < -0.3 is 15.0 Å². The van der Waals surface area contributed by atoms with E-state index in [0.717, 1.165) is 41.7 Å². The number of anilines is 1. The summed E-state index contributed by atoms with van der Waals surface area (Å²) in [6, 6.07) is 13.3. The van der Waals surface area contributed by atoms with E-state index in [4.69, 9.17) is 9.72 Å². The molecule has 180 valence electrons. The lowest BCUT2D eigenvalue weighted by atomic mass is 10.0. The molecule has 0 saturated heterocycles. The number of hydrogen-bond donors (Lipinski definition) is 1. The fourth-order valence-electron chi connectivity index (χ4n) is 4.35. The summed E-state index contributed by atoms with van der Waals surface area (Å²) in [4.78, 5) is 41.9. The number of nitrogens with one attached hydrogen (secondary N) is 1. The SMILES string of the molecule is CCOC(=O)N1CCc2c(sc(NC(=O)c3ccc4nccnc4c3)c2-c2nc3ccccc3s2)C1. The highest BCUT2D eigenvalue weighted by Crippen LogP contribution is 2.46. The standard InChI is InChI=1S/C26H21N5O3S2/c1-2-34-26(33)31-12-9-16-21(14-31)36-25(22(16)24-29-18-5-3-4-6-20(18)35-24)30-23(32)15-7-8-17-19(13-15)28-11-10-27-17/h3-8,10-11,13H,2,9,12,14H2,1H3,(H,30,32). The zero-order valence-corrected chi connectivity index (χ0v) is 21.0. The van der Waals surface area contributed by atoms with Gasteiger partial charge in [0, 0.05) is 34.9 Å². The number of aromatic nitrogens is 3. The third-order valence-electron chi connectivity index (χ3n) is 6.05. The molecule has 0 atom stereocenters. The second kappa shape index (κ2) is 9.29. The minimum absolute atomic E-state index is 0.231. The second-order valence-corrected chi connectivity index (χ2v) is 10.4. The van der Waals surface area contributed by atoms with Gasteiger partial charge in [0.05, 0.1) is 34.4 Å². The minimum atomic E-state index is -0.319. The average molecular weight is 516 g/mol. The van der Waals surface area contributed by atoms with Gasteiger partial charge in [0.15, 0.2) is 0 Å². The number of amides is 2. The van der Waals surface area contributed by atoms with E-state index >= 15 is 0 Å². The van der Waals surface area contributed by atoms with Crippen LogP contribution in [0.15, 0.2) is 54.9 Å². The van der Waals surface area contributed by atoms with Crippen LogP contribution in [0.2, 0.25) is 0 Å². The third kappa shape index (κ3) is 4.08. The number of benzene rings is 2. The summed E-state index contributed by atoms with van der Waals surface area (Å²) < 4.78 is 6.30. The van der Waals surface area contributed by atoms with E-state index in [1.807, 2.05) is 24.3 Å². The molecule has 0 spiro atoms.